The van der Waals surface area contributed by atoms with Crippen molar-refractivity contribution in [3.63, 3.8) is 0 Å². The smallest absolute Gasteiger partial charge is 0.250 e. The van der Waals surface area contributed by atoms with E-state index < -0.39 is 17.3 Å². The molecule has 0 saturated heterocycles. The Morgan fingerprint density at radius 3 is 2.58 bits per heavy atom. The molecule has 0 radical (unpaired) electrons. The number of nitrogens with one attached hydrogen (secondary N) is 1. The van der Waals surface area contributed by atoms with Crippen LogP contribution < -0.4 is 11.1 Å². The predicted molar refractivity (Wildman–Crippen MR) is 76.6 cm³/mol. The van der Waals surface area contributed by atoms with Gasteiger partial charge in [0.25, 0.3) is 0 Å². The summed E-state index contributed by atoms with van der Waals surface area (Å²) in [6, 6.07) is 4.15. The summed E-state index contributed by atoms with van der Waals surface area (Å²) in [7, 11) is 0. The minimum absolute atomic E-state index is 0.0718. The van der Waals surface area contributed by atoms with E-state index in [9.17, 15) is 9.18 Å². The molecule has 1 aromatic rings. The normalized spacial score (nSPS) is 11.2. The molecule has 0 heterocycles. The van der Waals surface area contributed by atoms with Gasteiger partial charge < -0.3 is 15.8 Å². The highest BCUT2D eigenvalue weighted by molar-refractivity contribution is 7.80. The standard InChI is InChI=1S/C13H17FN2O2S/c1-13(2,3)18-7-11(17)16-10-5-4-8(12(15)19)6-9(10)14/h4-6H,7H2,1-3H3,(H2,15,19)(H,16,17). The van der Waals surface area contributed by atoms with E-state index in [4.69, 9.17) is 22.7 Å². The lowest BCUT2D eigenvalue weighted by atomic mass is 10.2. The third-order valence-corrected chi connectivity index (χ3v) is 2.40. The van der Waals surface area contributed by atoms with E-state index in [1.807, 2.05) is 20.8 Å². The second-order valence-electron chi connectivity index (χ2n) is 5.01. The molecule has 1 aromatic carbocycles. The van der Waals surface area contributed by atoms with Crippen molar-refractivity contribution in [3.05, 3.63) is 29.6 Å². The van der Waals surface area contributed by atoms with Crippen LogP contribution in [-0.4, -0.2) is 23.1 Å². The Morgan fingerprint density at radius 1 is 1.47 bits per heavy atom. The highest BCUT2D eigenvalue weighted by Crippen LogP contribution is 2.16. The summed E-state index contributed by atoms with van der Waals surface area (Å²) in [5, 5.41) is 2.43. The Morgan fingerprint density at radius 2 is 2.11 bits per heavy atom. The van der Waals surface area contributed by atoms with Crippen molar-refractivity contribution in [2.75, 3.05) is 11.9 Å². The molecule has 104 valence electrons. The molecule has 1 rings (SSSR count). The number of nitrogens with two attached hydrogens (primary N) is 1. The van der Waals surface area contributed by atoms with Crippen molar-refractivity contribution in [1.29, 1.82) is 0 Å². The molecular formula is C13H17FN2O2S. The molecule has 0 aliphatic carbocycles. The minimum Gasteiger partial charge on any atom is -0.389 e. The lowest BCUT2D eigenvalue weighted by Crippen LogP contribution is -2.27. The van der Waals surface area contributed by atoms with Gasteiger partial charge in [-0.05, 0) is 39.0 Å². The molecule has 0 unspecified atom stereocenters. The van der Waals surface area contributed by atoms with E-state index in [0.29, 0.717) is 5.56 Å². The molecule has 0 fully saturated rings. The van der Waals surface area contributed by atoms with Crippen molar-refractivity contribution in [2.45, 2.75) is 26.4 Å². The topological polar surface area (TPSA) is 64.3 Å². The molecule has 0 aliphatic heterocycles. The molecule has 19 heavy (non-hydrogen) atoms. The number of hydrogen-bond donors (Lipinski definition) is 2. The van der Waals surface area contributed by atoms with Crippen LogP contribution in [0.5, 0.6) is 0 Å². The van der Waals surface area contributed by atoms with Gasteiger partial charge in [-0.15, -0.1) is 0 Å². The number of carbonyl (C=O) groups is 1. The van der Waals surface area contributed by atoms with Crippen molar-refractivity contribution in [1.82, 2.24) is 0 Å². The number of ether oxygens (including phenoxy) is 1. The van der Waals surface area contributed by atoms with Crippen molar-refractivity contribution in [2.24, 2.45) is 5.73 Å². The number of benzene rings is 1. The van der Waals surface area contributed by atoms with Gasteiger partial charge in [-0.2, -0.15) is 0 Å². The molecule has 0 atom stereocenters. The fourth-order valence-corrected chi connectivity index (χ4v) is 1.37. The van der Waals surface area contributed by atoms with Crippen LogP contribution in [0.4, 0.5) is 10.1 Å². The Hall–Kier alpha value is -1.53. The van der Waals surface area contributed by atoms with Gasteiger partial charge in [-0.25, -0.2) is 4.39 Å². The fourth-order valence-electron chi connectivity index (χ4n) is 1.24. The lowest BCUT2D eigenvalue weighted by molar-refractivity contribution is -0.125. The highest BCUT2D eigenvalue weighted by atomic mass is 32.1. The highest BCUT2D eigenvalue weighted by Gasteiger charge is 2.14. The maximum Gasteiger partial charge on any atom is 0.250 e. The molecule has 0 spiro atoms. The summed E-state index contributed by atoms with van der Waals surface area (Å²) in [5.74, 6) is -1.01. The number of rotatable bonds is 4. The summed E-state index contributed by atoms with van der Waals surface area (Å²) in [5.41, 5.74) is 5.45. The average molecular weight is 284 g/mol. The van der Waals surface area contributed by atoms with E-state index >= 15 is 0 Å². The quantitative estimate of drug-likeness (QED) is 0.832. The number of halogens is 1. The number of thiocarbonyl (C=S) groups is 1. The predicted octanol–water partition coefficient (Wildman–Crippen LogP) is 2.21. The van der Waals surface area contributed by atoms with Crippen molar-refractivity contribution in [3.8, 4) is 0 Å². The van der Waals surface area contributed by atoms with E-state index in [0.717, 1.165) is 0 Å². The van der Waals surface area contributed by atoms with Crippen LogP contribution >= 0.6 is 12.2 Å². The monoisotopic (exact) mass is 284 g/mol. The zero-order chi connectivity index (χ0) is 14.6. The van der Waals surface area contributed by atoms with Crippen molar-refractivity contribution < 1.29 is 13.9 Å². The van der Waals surface area contributed by atoms with Gasteiger partial charge in [0.05, 0.1) is 11.3 Å². The average Bonchev–Trinajstić information content (AvgIpc) is 2.28. The third-order valence-electron chi connectivity index (χ3n) is 2.16. The summed E-state index contributed by atoms with van der Waals surface area (Å²) >= 11 is 4.74. The molecule has 0 saturated carbocycles. The molecule has 6 heteroatoms. The number of anilines is 1. The molecule has 0 aromatic heterocycles. The number of carbonyl (C=O) groups excluding carboxylic acids is 1. The molecule has 3 N–H and O–H groups in total. The molecule has 0 bridgehead atoms. The van der Waals surface area contributed by atoms with Crippen molar-refractivity contribution >= 4 is 28.8 Å². The Bertz CT molecular complexity index is 498. The van der Waals surface area contributed by atoms with Crippen LogP contribution in [0.3, 0.4) is 0 Å². The largest absolute Gasteiger partial charge is 0.389 e. The second kappa shape index (κ2) is 6.08. The first-order valence-electron chi connectivity index (χ1n) is 5.72. The van der Waals surface area contributed by atoms with Crippen LogP contribution in [0.2, 0.25) is 0 Å². The van der Waals surface area contributed by atoms with Gasteiger partial charge in [0.15, 0.2) is 0 Å². The first kappa shape index (κ1) is 15.5. The Kier molecular flexibility index (Phi) is 4.97. The summed E-state index contributed by atoms with van der Waals surface area (Å²) in [4.78, 5) is 11.7. The number of hydrogen-bond acceptors (Lipinski definition) is 3. The molecule has 4 nitrogen and oxygen atoms in total. The summed E-state index contributed by atoms with van der Waals surface area (Å²) < 4.78 is 19.0. The first-order valence-corrected chi connectivity index (χ1v) is 6.13. The van der Waals surface area contributed by atoms with Crippen LogP contribution in [-0.2, 0) is 9.53 Å². The third kappa shape index (κ3) is 5.32. The van der Waals surface area contributed by atoms with E-state index in [2.05, 4.69) is 5.32 Å². The SMILES string of the molecule is CC(C)(C)OCC(=O)Nc1ccc(C(N)=S)cc1F. The minimum atomic E-state index is -0.589. The van der Waals surface area contributed by atoms with Gasteiger partial charge in [0.1, 0.15) is 17.4 Å². The number of amides is 1. The second-order valence-corrected chi connectivity index (χ2v) is 5.45. The zero-order valence-corrected chi connectivity index (χ0v) is 11.9. The lowest BCUT2D eigenvalue weighted by Gasteiger charge is -2.19. The van der Waals surface area contributed by atoms with Crippen LogP contribution in [0.1, 0.15) is 26.3 Å². The van der Waals surface area contributed by atoms with Gasteiger partial charge in [0, 0.05) is 5.56 Å². The van der Waals surface area contributed by atoms with Gasteiger partial charge in [0.2, 0.25) is 5.91 Å². The van der Waals surface area contributed by atoms with E-state index in [1.54, 1.807) is 6.07 Å². The van der Waals surface area contributed by atoms with Crippen LogP contribution in [0.15, 0.2) is 18.2 Å². The summed E-state index contributed by atoms with van der Waals surface area (Å²) in [6.45, 7) is 5.35. The van der Waals surface area contributed by atoms with E-state index in [1.165, 1.54) is 12.1 Å². The molecule has 0 aliphatic rings. The fraction of sp³-hybridized carbons (Fsp3) is 0.385. The maximum absolute atomic E-state index is 13.7. The Balaban J connectivity index is 2.67. The molecular weight excluding hydrogens is 267 g/mol. The van der Waals surface area contributed by atoms with E-state index in [-0.39, 0.29) is 17.3 Å². The van der Waals surface area contributed by atoms with Gasteiger partial charge in [-0.1, -0.05) is 12.2 Å². The zero-order valence-electron chi connectivity index (χ0n) is 11.1. The van der Waals surface area contributed by atoms with Gasteiger partial charge in [-0.3, -0.25) is 4.79 Å². The maximum atomic E-state index is 13.7. The first-order chi connectivity index (χ1) is 8.69. The summed E-state index contributed by atoms with van der Waals surface area (Å²) in [6.07, 6.45) is 0. The molecule has 1 amide bonds. The van der Waals surface area contributed by atoms with Crippen LogP contribution in [0, 0.1) is 5.82 Å². The van der Waals surface area contributed by atoms with Gasteiger partial charge >= 0.3 is 0 Å². The van der Waals surface area contributed by atoms with Crippen LogP contribution in [0.25, 0.3) is 0 Å². The Labute approximate surface area is 117 Å².